The van der Waals surface area contributed by atoms with Gasteiger partial charge in [0.2, 0.25) is 6.10 Å². The summed E-state index contributed by atoms with van der Waals surface area (Å²) in [5, 5.41) is 8.73. The molecule has 1 heterocycles. The van der Waals surface area contributed by atoms with E-state index in [9.17, 15) is 14.0 Å². The number of rotatable bonds is 7. The Labute approximate surface area is 188 Å². The minimum absolute atomic E-state index is 0.0362. The highest BCUT2D eigenvalue weighted by atomic mass is 35.5. The SMILES string of the molecule is Cc1ccccc1OC1C(=O)N(c2ccc(Cl)c(F)c2)C1c1ccc(OCC(=O)O)cc1. The summed E-state index contributed by atoms with van der Waals surface area (Å²) in [6.45, 7) is 1.42. The monoisotopic (exact) mass is 455 g/mol. The van der Waals surface area contributed by atoms with Crippen molar-refractivity contribution in [2.24, 2.45) is 0 Å². The minimum atomic E-state index is -1.08. The molecule has 164 valence electrons. The summed E-state index contributed by atoms with van der Waals surface area (Å²) in [6, 6.07) is 17.7. The zero-order valence-electron chi connectivity index (χ0n) is 17.0. The number of carboxylic acids is 1. The Morgan fingerprint density at radius 3 is 2.50 bits per heavy atom. The van der Waals surface area contributed by atoms with E-state index in [1.54, 1.807) is 36.4 Å². The lowest BCUT2D eigenvalue weighted by Gasteiger charge is -2.46. The Kier molecular flexibility index (Phi) is 6.01. The average molecular weight is 456 g/mol. The fourth-order valence-corrected chi connectivity index (χ4v) is 3.67. The number of para-hydroxylation sites is 1. The Morgan fingerprint density at radius 2 is 1.84 bits per heavy atom. The molecule has 1 aliphatic rings. The van der Waals surface area contributed by atoms with Crippen LogP contribution in [-0.2, 0) is 9.59 Å². The number of carbonyl (C=O) groups excluding carboxylic acids is 1. The summed E-state index contributed by atoms with van der Waals surface area (Å²) in [4.78, 5) is 25.2. The lowest BCUT2D eigenvalue weighted by atomic mass is 9.89. The van der Waals surface area contributed by atoms with Crippen molar-refractivity contribution in [1.82, 2.24) is 0 Å². The van der Waals surface area contributed by atoms with Crippen LogP contribution in [0.25, 0.3) is 0 Å². The number of halogens is 2. The van der Waals surface area contributed by atoms with Gasteiger partial charge in [-0.15, -0.1) is 0 Å². The van der Waals surface area contributed by atoms with Crippen molar-refractivity contribution in [3.8, 4) is 11.5 Å². The van der Waals surface area contributed by atoms with Crippen LogP contribution >= 0.6 is 11.6 Å². The van der Waals surface area contributed by atoms with E-state index in [4.69, 9.17) is 26.2 Å². The molecule has 6 nitrogen and oxygen atoms in total. The van der Waals surface area contributed by atoms with Crippen molar-refractivity contribution in [3.05, 3.63) is 88.7 Å². The van der Waals surface area contributed by atoms with Crippen molar-refractivity contribution < 1.29 is 28.6 Å². The zero-order chi connectivity index (χ0) is 22.8. The number of anilines is 1. The molecule has 1 aliphatic heterocycles. The molecule has 1 fully saturated rings. The van der Waals surface area contributed by atoms with Crippen LogP contribution in [0, 0.1) is 12.7 Å². The highest BCUT2D eigenvalue weighted by Crippen LogP contribution is 2.42. The topological polar surface area (TPSA) is 76.1 Å². The molecule has 8 heteroatoms. The second kappa shape index (κ2) is 8.88. The van der Waals surface area contributed by atoms with Gasteiger partial charge in [-0.1, -0.05) is 41.9 Å². The highest BCUT2D eigenvalue weighted by Gasteiger charge is 2.51. The third kappa shape index (κ3) is 4.24. The van der Waals surface area contributed by atoms with Crippen LogP contribution in [0.4, 0.5) is 10.1 Å². The van der Waals surface area contributed by atoms with Gasteiger partial charge in [0, 0.05) is 5.69 Å². The third-order valence-electron chi connectivity index (χ3n) is 5.16. The molecular formula is C24H19ClFNO5. The van der Waals surface area contributed by atoms with E-state index in [0.717, 1.165) is 11.1 Å². The van der Waals surface area contributed by atoms with Gasteiger partial charge < -0.3 is 14.6 Å². The van der Waals surface area contributed by atoms with Crippen molar-refractivity contribution in [2.75, 3.05) is 11.5 Å². The molecule has 3 aromatic carbocycles. The van der Waals surface area contributed by atoms with Crippen molar-refractivity contribution in [2.45, 2.75) is 19.1 Å². The smallest absolute Gasteiger partial charge is 0.341 e. The summed E-state index contributed by atoms with van der Waals surface area (Å²) >= 11 is 5.80. The normalized spacial score (nSPS) is 17.6. The van der Waals surface area contributed by atoms with Crippen LogP contribution in [0.5, 0.6) is 11.5 Å². The minimum Gasteiger partial charge on any atom is -0.482 e. The number of carbonyl (C=O) groups is 2. The number of hydrogen-bond donors (Lipinski definition) is 1. The van der Waals surface area contributed by atoms with Crippen LogP contribution in [-0.4, -0.2) is 29.7 Å². The quantitative estimate of drug-likeness (QED) is 0.518. The third-order valence-corrected chi connectivity index (χ3v) is 5.47. The van der Waals surface area contributed by atoms with E-state index >= 15 is 0 Å². The summed E-state index contributed by atoms with van der Waals surface area (Å²) in [6.07, 6.45) is -0.819. The van der Waals surface area contributed by atoms with Crippen LogP contribution in [0.1, 0.15) is 17.2 Å². The summed E-state index contributed by atoms with van der Waals surface area (Å²) in [5.74, 6) is -1.06. The Hall–Kier alpha value is -3.58. The van der Waals surface area contributed by atoms with Gasteiger partial charge in [0.25, 0.3) is 5.91 Å². The molecule has 2 unspecified atom stereocenters. The van der Waals surface area contributed by atoms with Crippen LogP contribution < -0.4 is 14.4 Å². The molecule has 0 aliphatic carbocycles. The average Bonchev–Trinajstić information content (AvgIpc) is 2.78. The van der Waals surface area contributed by atoms with Gasteiger partial charge in [0.15, 0.2) is 6.61 Å². The Balaban J connectivity index is 1.66. The van der Waals surface area contributed by atoms with E-state index < -0.39 is 30.5 Å². The first kappa shape index (κ1) is 21.6. The first-order valence-electron chi connectivity index (χ1n) is 9.80. The lowest BCUT2D eigenvalue weighted by molar-refractivity contribution is -0.139. The molecule has 0 aromatic heterocycles. The van der Waals surface area contributed by atoms with Crippen LogP contribution in [0.15, 0.2) is 66.7 Å². The maximum absolute atomic E-state index is 14.1. The van der Waals surface area contributed by atoms with Gasteiger partial charge in [-0.05, 0) is 54.4 Å². The van der Waals surface area contributed by atoms with Crippen molar-refractivity contribution in [3.63, 3.8) is 0 Å². The first-order chi connectivity index (χ1) is 15.3. The van der Waals surface area contributed by atoms with Crippen molar-refractivity contribution >= 4 is 29.2 Å². The number of ether oxygens (including phenoxy) is 2. The molecule has 3 aromatic rings. The highest BCUT2D eigenvalue weighted by molar-refractivity contribution is 6.30. The molecule has 0 radical (unpaired) electrons. The number of benzene rings is 3. The van der Waals surface area contributed by atoms with Gasteiger partial charge in [-0.25, -0.2) is 9.18 Å². The second-order valence-corrected chi connectivity index (χ2v) is 7.71. The Morgan fingerprint density at radius 1 is 1.12 bits per heavy atom. The molecule has 1 N–H and O–H groups in total. The number of aryl methyl sites for hydroxylation is 1. The van der Waals surface area contributed by atoms with E-state index in [2.05, 4.69) is 0 Å². The molecule has 2 atom stereocenters. The number of nitrogens with zero attached hydrogens (tertiary/aromatic N) is 1. The summed E-state index contributed by atoms with van der Waals surface area (Å²) in [7, 11) is 0. The predicted octanol–water partition coefficient (Wildman–Crippen LogP) is 4.79. The zero-order valence-corrected chi connectivity index (χ0v) is 17.8. The van der Waals surface area contributed by atoms with E-state index in [1.807, 2.05) is 25.1 Å². The molecule has 4 rings (SSSR count). The maximum Gasteiger partial charge on any atom is 0.341 e. The van der Waals surface area contributed by atoms with Gasteiger partial charge in [0.1, 0.15) is 23.4 Å². The molecule has 32 heavy (non-hydrogen) atoms. The predicted molar refractivity (Wildman–Crippen MR) is 117 cm³/mol. The van der Waals surface area contributed by atoms with E-state index in [1.165, 1.54) is 17.0 Å². The van der Waals surface area contributed by atoms with Gasteiger partial charge in [0.05, 0.1) is 5.02 Å². The van der Waals surface area contributed by atoms with Crippen molar-refractivity contribution in [1.29, 1.82) is 0 Å². The van der Waals surface area contributed by atoms with E-state index in [0.29, 0.717) is 17.2 Å². The number of hydrogen-bond acceptors (Lipinski definition) is 4. The second-order valence-electron chi connectivity index (χ2n) is 7.31. The molecule has 0 saturated carbocycles. The van der Waals surface area contributed by atoms with Gasteiger partial charge in [-0.3, -0.25) is 9.69 Å². The fourth-order valence-electron chi connectivity index (χ4n) is 3.56. The molecule has 0 bridgehead atoms. The van der Waals surface area contributed by atoms with Crippen LogP contribution in [0.3, 0.4) is 0 Å². The summed E-state index contributed by atoms with van der Waals surface area (Å²) < 4.78 is 25.3. The van der Waals surface area contributed by atoms with E-state index in [-0.39, 0.29) is 10.9 Å². The standard InChI is InChI=1S/C24H19ClFNO5/c1-14-4-2-3-5-20(14)32-23-22(15-6-9-17(10-7-15)31-13-21(28)29)27(24(23)30)16-8-11-18(25)19(26)12-16/h2-12,22-23H,13H2,1H3,(H,28,29). The fraction of sp³-hybridized carbons (Fsp3) is 0.167. The number of carboxylic acid groups (broad SMARTS) is 1. The summed E-state index contributed by atoms with van der Waals surface area (Å²) in [5.41, 5.74) is 1.96. The number of β-lactam (4-membered cyclic amide) rings is 1. The molecule has 1 amide bonds. The van der Waals surface area contributed by atoms with Crippen LogP contribution in [0.2, 0.25) is 5.02 Å². The first-order valence-corrected chi connectivity index (χ1v) is 10.2. The van der Waals surface area contributed by atoms with Gasteiger partial charge in [-0.2, -0.15) is 0 Å². The van der Waals surface area contributed by atoms with Gasteiger partial charge >= 0.3 is 5.97 Å². The number of aliphatic carboxylic acids is 1. The lowest BCUT2D eigenvalue weighted by Crippen LogP contribution is -2.61. The maximum atomic E-state index is 14.1. The molecule has 1 saturated heterocycles. The molecule has 0 spiro atoms. The largest absolute Gasteiger partial charge is 0.482 e. The molecular weight excluding hydrogens is 437 g/mol. The Bertz CT molecular complexity index is 1170. The number of amides is 1.